The van der Waals surface area contributed by atoms with Gasteiger partial charge in [0.05, 0.1) is 12.5 Å². The van der Waals surface area contributed by atoms with Gasteiger partial charge < -0.3 is 18.6 Å². The number of benzene rings is 2. The predicted molar refractivity (Wildman–Crippen MR) is 95.9 cm³/mol. The van der Waals surface area contributed by atoms with Gasteiger partial charge in [-0.2, -0.15) is 0 Å². The van der Waals surface area contributed by atoms with Crippen molar-refractivity contribution in [3.8, 4) is 23.0 Å². The van der Waals surface area contributed by atoms with Crippen LogP contribution in [0, 0.1) is 0 Å². The molecule has 1 aromatic heterocycles. The molecule has 0 saturated heterocycles. The van der Waals surface area contributed by atoms with Crippen LogP contribution in [0.25, 0.3) is 11.0 Å². The van der Waals surface area contributed by atoms with Gasteiger partial charge in [0.2, 0.25) is 11.2 Å². The van der Waals surface area contributed by atoms with E-state index in [4.69, 9.17) is 18.6 Å². The van der Waals surface area contributed by atoms with Crippen molar-refractivity contribution in [2.75, 3.05) is 13.7 Å². The molecule has 5 heteroatoms. The van der Waals surface area contributed by atoms with E-state index in [1.54, 1.807) is 49.6 Å². The third kappa shape index (κ3) is 3.83. The van der Waals surface area contributed by atoms with Gasteiger partial charge in [-0.1, -0.05) is 6.58 Å². The highest BCUT2D eigenvalue weighted by Gasteiger charge is 2.10. The minimum atomic E-state index is -0.247. The molecule has 5 nitrogen and oxygen atoms in total. The van der Waals surface area contributed by atoms with Crippen LogP contribution in [0.5, 0.6) is 23.0 Å². The van der Waals surface area contributed by atoms with Gasteiger partial charge in [-0.05, 0) is 48.9 Å². The van der Waals surface area contributed by atoms with Crippen molar-refractivity contribution >= 4 is 11.0 Å². The lowest BCUT2D eigenvalue weighted by atomic mass is 10.2. The monoisotopic (exact) mass is 338 g/mol. The number of ether oxygens (including phenoxy) is 3. The SMILES string of the molecule is C=C(C)COc1ccc2c(=O)c(Oc3ccc(OC)cc3)coc2c1. The molecule has 0 radical (unpaired) electrons. The summed E-state index contributed by atoms with van der Waals surface area (Å²) in [6.07, 6.45) is 1.30. The Kier molecular flexibility index (Phi) is 4.75. The average molecular weight is 338 g/mol. The molecule has 0 N–H and O–H groups in total. The Morgan fingerprint density at radius 1 is 1.08 bits per heavy atom. The van der Waals surface area contributed by atoms with Crippen LogP contribution < -0.4 is 19.6 Å². The molecule has 128 valence electrons. The minimum absolute atomic E-state index is 0.119. The zero-order valence-corrected chi connectivity index (χ0v) is 14.1. The number of hydrogen-bond donors (Lipinski definition) is 0. The summed E-state index contributed by atoms with van der Waals surface area (Å²) in [5.74, 6) is 1.96. The minimum Gasteiger partial charge on any atom is -0.497 e. The van der Waals surface area contributed by atoms with Crippen molar-refractivity contribution in [3.05, 3.63) is 71.1 Å². The van der Waals surface area contributed by atoms with Gasteiger partial charge in [-0.25, -0.2) is 0 Å². The fourth-order valence-electron chi connectivity index (χ4n) is 2.23. The van der Waals surface area contributed by atoms with Crippen LogP contribution in [-0.4, -0.2) is 13.7 Å². The Bertz CT molecular complexity index is 954. The molecule has 3 rings (SSSR count). The third-order valence-corrected chi connectivity index (χ3v) is 3.49. The summed E-state index contributed by atoms with van der Waals surface area (Å²) in [5, 5.41) is 0.425. The van der Waals surface area contributed by atoms with Gasteiger partial charge in [0, 0.05) is 6.07 Å². The topological polar surface area (TPSA) is 57.9 Å². The smallest absolute Gasteiger partial charge is 0.235 e. The van der Waals surface area contributed by atoms with Crippen molar-refractivity contribution < 1.29 is 18.6 Å². The molecule has 0 amide bonds. The van der Waals surface area contributed by atoms with Crippen LogP contribution in [-0.2, 0) is 0 Å². The summed E-state index contributed by atoms with van der Waals surface area (Å²) in [5.41, 5.74) is 1.10. The maximum Gasteiger partial charge on any atom is 0.235 e. The lowest BCUT2D eigenvalue weighted by molar-refractivity contribution is 0.352. The van der Waals surface area contributed by atoms with E-state index in [-0.39, 0.29) is 11.2 Å². The molecule has 0 saturated carbocycles. The second-order valence-corrected chi connectivity index (χ2v) is 5.61. The van der Waals surface area contributed by atoms with Crippen LogP contribution >= 0.6 is 0 Å². The fourth-order valence-corrected chi connectivity index (χ4v) is 2.23. The van der Waals surface area contributed by atoms with Gasteiger partial charge in [0.25, 0.3) is 0 Å². The van der Waals surface area contributed by atoms with E-state index < -0.39 is 0 Å². The maximum atomic E-state index is 12.6. The van der Waals surface area contributed by atoms with Crippen LogP contribution in [0.2, 0.25) is 0 Å². The van der Waals surface area contributed by atoms with Crippen molar-refractivity contribution in [3.63, 3.8) is 0 Å². The number of fused-ring (bicyclic) bond motifs is 1. The average Bonchev–Trinajstić information content (AvgIpc) is 2.63. The highest BCUT2D eigenvalue weighted by Crippen LogP contribution is 2.25. The Morgan fingerprint density at radius 2 is 1.76 bits per heavy atom. The Hall–Kier alpha value is -3.21. The first-order chi connectivity index (χ1) is 12.1. The molecule has 0 aliphatic rings. The molecule has 25 heavy (non-hydrogen) atoms. The molecular weight excluding hydrogens is 320 g/mol. The van der Waals surface area contributed by atoms with E-state index in [0.717, 1.165) is 5.57 Å². The van der Waals surface area contributed by atoms with Gasteiger partial charge >= 0.3 is 0 Å². The molecule has 2 aromatic carbocycles. The molecule has 0 unspecified atom stereocenters. The quantitative estimate of drug-likeness (QED) is 0.617. The van der Waals surface area contributed by atoms with E-state index in [0.29, 0.717) is 34.8 Å². The predicted octanol–water partition coefficient (Wildman–Crippen LogP) is 4.55. The number of methoxy groups -OCH3 is 1. The van der Waals surface area contributed by atoms with Crippen LogP contribution in [0.15, 0.2) is 70.1 Å². The molecule has 0 aliphatic carbocycles. The summed E-state index contributed by atoms with van der Waals surface area (Å²) < 4.78 is 21.8. The van der Waals surface area contributed by atoms with Crippen molar-refractivity contribution in [2.45, 2.75) is 6.92 Å². The van der Waals surface area contributed by atoms with Crippen molar-refractivity contribution in [1.29, 1.82) is 0 Å². The first kappa shape index (κ1) is 16.6. The second-order valence-electron chi connectivity index (χ2n) is 5.61. The van der Waals surface area contributed by atoms with Gasteiger partial charge in [0.15, 0.2) is 0 Å². The molecule has 3 aromatic rings. The molecule has 0 fully saturated rings. The van der Waals surface area contributed by atoms with E-state index in [1.807, 2.05) is 6.92 Å². The second kappa shape index (κ2) is 7.13. The Labute approximate surface area is 145 Å². The number of hydrogen-bond acceptors (Lipinski definition) is 5. The zero-order chi connectivity index (χ0) is 17.8. The lowest BCUT2D eigenvalue weighted by Crippen LogP contribution is -2.05. The molecule has 0 atom stereocenters. The highest BCUT2D eigenvalue weighted by molar-refractivity contribution is 5.79. The summed E-state index contributed by atoms with van der Waals surface area (Å²) >= 11 is 0. The lowest BCUT2D eigenvalue weighted by Gasteiger charge is -2.08. The summed E-state index contributed by atoms with van der Waals surface area (Å²) in [6.45, 7) is 6.08. The Balaban J connectivity index is 1.87. The van der Waals surface area contributed by atoms with Crippen molar-refractivity contribution in [1.82, 2.24) is 0 Å². The Morgan fingerprint density at radius 3 is 2.44 bits per heavy atom. The summed E-state index contributed by atoms with van der Waals surface area (Å²) in [7, 11) is 1.59. The molecule has 0 aliphatic heterocycles. The standard InChI is InChI=1S/C20H18O5/c1-13(2)11-23-16-8-9-17-18(10-16)24-12-19(20(17)21)25-15-6-4-14(22-3)5-7-15/h4-10,12H,1,11H2,2-3H3. The molecular formula is C20H18O5. The van der Waals surface area contributed by atoms with Gasteiger partial charge in [-0.3, -0.25) is 4.79 Å². The zero-order valence-electron chi connectivity index (χ0n) is 14.1. The fraction of sp³-hybridized carbons (Fsp3) is 0.150. The molecule has 0 spiro atoms. The van der Waals surface area contributed by atoms with Crippen molar-refractivity contribution in [2.24, 2.45) is 0 Å². The number of rotatable bonds is 6. The van der Waals surface area contributed by atoms with E-state index >= 15 is 0 Å². The van der Waals surface area contributed by atoms with Crippen LogP contribution in [0.3, 0.4) is 0 Å². The van der Waals surface area contributed by atoms with Gasteiger partial charge in [-0.15, -0.1) is 0 Å². The van der Waals surface area contributed by atoms with E-state index in [2.05, 4.69) is 6.58 Å². The van der Waals surface area contributed by atoms with E-state index in [1.165, 1.54) is 6.26 Å². The first-order valence-electron chi connectivity index (χ1n) is 7.71. The van der Waals surface area contributed by atoms with Gasteiger partial charge in [0.1, 0.15) is 35.7 Å². The molecule has 1 heterocycles. The highest BCUT2D eigenvalue weighted by atomic mass is 16.5. The maximum absolute atomic E-state index is 12.6. The summed E-state index contributed by atoms with van der Waals surface area (Å²) in [6, 6.07) is 12.0. The van der Waals surface area contributed by atoms with Crippen LogP contribution in [0.1, 0.15) is 6.92 Å². The summed E-state index contributed by atoms with van der Waals surface area (Å²) in [4.78, 5) is 12.6. The largest absolute Gasteiger partial charge is 0.497 e. The van der Waals surface area contributed by atoms with E-state index in [9.17, 15) is 4.79 Å². The molecule has 0 bridgehead atoms. The van der Waals surface area contributed by atoms with Crippen LogP contribution in [0.4, 0.5) is 0 Å². The third-order valence-electron chi connectivity index (χ3n) is 3.49. The normalized spacial score (nSPS) is 10.5. The first-order valence-corrected chi connectivity index (χ1v) is 7.71.